The molecule has 2 aromatic carbocycles. The molecule has 1 heterocycles. The number of benzene rings is 2. The van der Waals surface area contributed by atoms with Gasteiger partial charge in [-0.25, -0.2) is 4.39 Å². The Kier molecular flexibility index (Phi) is 4.52. The predicted octanol–water partition coefficient (Wildman–Crippen LogP) is 3.84. The summed E-state index contributed by atoms with van der Waals surface area (Å²) in [5, 5.41) is 2.90. The summed E-state index contributed by atoms with van der Waals surface area (Å²) in [7, 11) is 1.61. The minimum atomic E-state index is -0.331. The normalized spacial score (nSPS) is 22.3. The summed E-state index contributed by atoms with van der Waals surface area (Å²) < 4.78 is 18.5. The van der Waals surface area contributed by atoms with Gasteiger partial charge in [0, 0.05) is 30.0 Å². The van der Waals surface area contributed by atoms with Crippen molar-refractivity contribution in [2.24, 2.45) is 0 Å². The standard InChI is InChI=1S/C22H20FNO3/c1-27-17-8-4-13(5-9-17)15-10-19-22(20(25)11-15)18(12-21(26)24-19)14-2-6-16(23)7-3-14/h2-9,15,18H,10-12H2,1H3,(H,24,26). The van der Waals surface area contributed by atoms with Gasteiger partial charge in [0.05, 0.1) is 7.11 Å². The molecule has 138 valence electrons. The van der Waals surface area contributed by atoms with E-state index in [-0.39, 0.29) is 35.8 Å². The third kappa shape index (κ3) is 3.37. The van der Waals surface area contributed by atoms with Crippen LogP contribution in [0.3, 0.4) is 0 Å². The Morgan fingerprint density at radius 3 is 2.26 bits per heavy atom. The summed E-state index contributed by atoms with van der Waals surface area (Å²) in [4.78, 5) is 25.2. The summed E-state index contributed by atoms with van der Waals surface area (Å²) in [6.45, 7) is 0. The third-order valence-corrected chi connectivity index (χ3v) is 5.40. The van der Waals surface area contributed by atoms with Gasteiger partial charge in [0.25, 0.3) is 0 Å². The van der Waals surface area contributed by atoms with Gasteiger partial charge in [-0.2, -0.15) is 0 Å². The zero-order chi connectivity index (χ0) is 19.0. The molecule has 1 amide bonds. The van der Waals surface area contributed by atoms with Crippen molar-refractivity contribution in [2.45, 2.75) is 31.1 Å². The van der Waals surface area contributed by atoms with Gasteiger partial charge in [-0.1, -0.05) is 24.3 Å². The fraction of sp³-hybridized carbons (Fsp3) is 0.273. The Morgan fingerprint density at radius 2 is 1.59 bits per heavy atom. The van der Waals surface area contributed by atoms with Gasteiger partial charge in [-0.15, -0.1) is 0 Å². The van der Waals surface area contributed by atoms with Gasteiger partial charge >= 0.3 is 0 Å². The van der Waals surface area contributed by atoms with Crippen molar-refractivity contribution < 1.29 is 18.7 Å². The minimum Gasteiger partial charge on any atom is -0.497 e. The van der Waals surface area contributed by atoms with Gasteiger partial charge < -0.3 is 10.1 Å². The lowest BCUT2D eigenvalue weighted by molar-refractivity contribution is -0.122. The molecule has 0 saturated heterocycles. The number of methoxy groups -OCH3 is 1. The minimum absolute atomic E-state index is 0.0226. The second kappa shape index (κ2) is 6.99. The van der Waals surface area contributed by atoms with Crippen LogP contribution in [0.25, 0.3) is 0 Å². The Morgan fingerprint density at radius 1 is 0.926 bits per heavy atom. The molecule has 2 aliphatic rings. The number of hydrogen-bond acceptors (Lipinski definition) is 3. The molecule has 0 bridgehead atoms. The van der Waals surface area contributed by atoms with Gasteiger partial charge in [-0.05, 0) is 47.7 Å². The van der Waals surface area contributed by atoms with Crippen LogP contribution in [-0.4, -0.2) is 18.8 Å². The highest BCUT2D eigenvalue weighted by molar-refractivity contribution is 6.02. The monoisotopic (exact) mass is 365 g/mol. The smallest absolute Gasteiger partial charge is 0.225 e. The zero-order valence-corrected chi connectivity index (χ0v) is 15.0. The summed E-state index contributed by atoms with van der Waals surface area (Å²) in [6, 6.07) is 13.7. The summed E-state index contributed by atoms with van der Waals surface area (Å²) in [5.41, 5.74) is 3.23. The second-order valence-electron chi connectivity index (χ2n) is 7.05. The van der Waals surface area contributed by atoms with Crippen molar-refractivity contribution in [1.29, 1.82) is 0 Å². The Hall–Kier alpha value is -2.95. The van der Waals surface area contributed by atoms with E-state index < -0.39 is 0 Å². The molecule has 0 saturated carbocycles. The van der Waals surface area contributed by atoms with E-state index in [2.05, 4.69) is 5.32 Å². The van der Waals surface area contributed by atoms with Crippen molar-refractivity contribution in [3.8, 4) is 5.75 Å². The lowest BCUT2D eigenvalue weighted by Crippen LogP contribution is -2.38. The van der Waals surface area contributed by atoms with Crippen LogP contribution in [-0.2, 0) is 9.59 Å². The van der Waals surface area contributed by atoms with Crippen LogP contribution in [0.4, 0.5) is 4.39 Å². The van der Waals surface area contributed by atoms with Crippen LogP contribution in [0.1, 0.15) is 42.2 Å². The molecule has 0 aromatic heterocycles. The average molecular weight is 365 g/mol. The molecule has 27 heavy (non-hydrogen) atoms. The Bertz CT molecular complexity index is 916. The number of allylic oxidation sites excluding steroid dienone is 2. The van der Waals surface area contributed by atoms with E-state index in [4.69, 9.17) is 4.74 Å². The number of nitrogens with one attached hydrogen (secondary N) is 1. The molecule has 1 N–H and O–H groups in total. The van der Waals surface area contributed by atoms with Crippen molar-refractivity contribution in [3.63, 3.8) is 0 Å². The molecule has 2 unspecified atom stereocenters. The quantitative estimate of drug-likeness (QED) is 0.899. The van der Waals surface area contributed by atoms with Crippen LogP contribution >= 0.6 is 0 Å². The first-order valence-corrected chi connectivity index (χ1v) is 9.00. The molecule has 1 aliphatic heterocycles. The van der Waals surface area contributed by atoms with Crippen LogP contribution in [0.15, 0.2) is 59.8 Å². The molecule has 2 atom stereocenters. The van der Waals surface area contributed by atoms with E-state index in [1.165, 1.54) is 12.1 Å². The van der Waals surface area contributed by atoms with Crippen LogP contribution < -0.4 is 10.1 Å². The van der Waals surface area contributed by atoms with Gasteiger partial charge in [0.1, 0.15) is 11.6 Å². The fourth-order valence-corrected chi connectivity index (χ4v) is 4.05. The molecule has 0 radical (unpaired) electrons. The molecule has 0 spiro atoms. The number of carbonyl (C=O) groups excluding carboxylic acids is 2. The molecule has 2 aromatic rings. The Labute approximate surface area is 157 Å². The first-order chi connectivity index (χ1) is 13.0. The van der Waals surface area contributed by atoms with Crippen molar-refractivity contribution in [2.75, 3.05) is 7.11 Å². The van der Waals surface area contributed by atoms with Gasteiger partial charge in [0.2, 0.25) is 5.91 Å². The molecular weight excluding hydrogens is 345 g/mol. The number of rotatable bonds is 3. The van der Waals surface area contributed by atoms with Crippen molar-refractivity contribution in [1.82, 2.24) is 5.32 Å². The van der Waals surface area contributed by atoms with E-state index >= 15 is 0 Å². The van der Waals surface area contributed by atoms with Crippen molar-refractivity contribution in [3.05, 3.63) is 76.7 Å². The van der Waals surface area contributed by atoms with E-state index in [1.54, 1.807) is 19.2 Å². The van der Waals surface area contributed by atoms with Gasteiger partial charge in [-0.3, -0.25) is 9.59 Å². The SMILES string of the molecule is COc1ccc(C2CC(=O)C3=C(C2)NC(=O)CC3c2ccc(F)cc2)cc1. The molecule has 5 heteroatoms. The second-order valence-corrected chi connectivity index (χ2v) is 7.05. The van der Waals surface area contributed by atoms with Crippen LogP contribution in [0.5, 0.6) is 5.75 Å². The third-order valence-electron chi connectivity index (χ3n) is 5.40. The lowest BCUT2D eigenvalue weighted by atomic mass is 9.73. The molecule has 4 nitrogen and oxygen atoms in total. The maximum atomic E-state index is 13.3. The molecule has 1 aliphatic carbocycles. The Balaban J connectivity index is 1.67. The fourth-order valence-electron chi connectivity index (χ4n) is 4.05. The lowest BCUT2D eigenvalue weighted by Gasteiger charge is -2.34. The highest BCUT2D eigenvalue weighted by Gasteiger charge is 2.38. The van der Waals surface area contributed by atoms with Crippen molar-refractivity contribution >= 4 is 11.7 Å². The number of ketones is 1. The number of hydrogen-bond donors (Lipinski definition) is 1. The van der Waals surface area contributed by atoms with Crippen LogP contribution in [0.2, 0.25) is 0 Å². The summed E-state index contributed by atoms with van der Waals surface area (Å²) in [5.74, 6) is 0.0941. The molecule has 4 rings (SSSR count). The maximum absolute atomic E-state index is 13.3. The van der Waals surface area contributed by atoms with E-state index in [0.29, 0.717) is 24.1 Å². The first-order valence-electron chi connectivity index (χ1n) is 9.00. The van der Waals surface area contributed by atoms with E-state index in [1.807, 2.05) is 24.3 Å². The van der Waals surface area contributed by atoms with Gasteiger partial charge in [0.15, 0.2) is 5.78 Å². The zero-order valence-electron chi connectivity index (χ0n) is 15.0. The number of halogens is 1. The van der Waals surface area contributed by atoms with Crippen LogP contribution in [0, 0.1) is 5.82 Å². The highest BCUT2D eigenvalue weighted by atomic mass is 19.1. The van der Waals surface area contributed by atoms with E-state index in [0.717, 1.165) is 16.9 Å². The van der Waals surface area contributed by atoms with E-state index in [9.17, 15) is 14.0 Å². The topological polar surface area (TPSA) is 55.4 Å². The number of ether oxygens (including phenoxy) is 1. The molecular formula is C22H20FNO3. The highest BCUT2D eigenvalue weighted by Crippen LogP contribution is 2.42. The maximum Gasteiger partial charge on any atom is 0.225 e. The average Bonchev–Trinajstić information content (AvgIpc) is 2.67. The molecule has 0 fully saturated rings. The number of amides is 1. The summed E-state index contributed by atoms with van der Waals surface area (Å²) in [6.07, 6.45) is 1.22. The number of Topliss-reactive ketones (excluding diaryl/α,β-unsaturated/α-hetero) is 1. The first kappa shape index (κ1) is 17.5. The summed E-state index contributed by atoms with van der Waals surface area (Å²) >= 11 is 0. The predicted molar refractivity (Wildman–Crippen MR) is 98.9 cm³/mol. The number of carbonyl (C=O) groups is 2. The largest absolute Gasteiger partial charge is 0.497 e.